The van der Waals surface area contributed by atoms with E-state index in [1.807, 2.05) is 12.1 Å². The predicted molar refractivity (Wildman–Crippen MR) is 72.7 cm³/mol. The number of alkyl halides is 2. The van der Waals surface area contributed by atoms with Gasteiger partial charge in [-0.3, -0.25) is 0 Å². The summed E-state index contributed by atoms with van der Waals surface area (Å²) in [5, 5.41) is 0. The molecule has 0 amide bonds. The molecule has 0 radical (unpaired) electrons. The lowest BCUT2D eigenvalue weighted by molar-refractivity contribution is -0.0498. The van der Waals surface area contributed by atoms with Crippen molar-refractivity contribution in [1.82, 2.24) is 0 Å². The van der Waals surface area contributed by atoms with Crippen LogP contribution in [0.2, 0.25) is 0 Å². The standard InChI is InChI=1S/C16H22F2O/c1-2-3-12-4-6-13(7-5-12)14-8-10-15(11-9-14)19-16(17)18/h8-13,16H,2-7H2,1H3/t12-,13-. The third-order valence-corrected chi connectivity index (χ3v) is 4.12. The van der Waals surface area contributed by atoms with E-state index in [0.29, 0.717) is 5.92 Å². The van der Waals surface area contributed by atoms with Crippen LogP contribution in [0.4, 0.5) is 8.78 Å². The zero-order chi connectivity index (χ0) is 13.7. The van der Waals surface area contributed by atoms with Crippen molar-refractivity contribution in [3.8, 4) is 5.75 Å². The molecule has 1 saturated carbocycles. The summed E-state index contributed by atoms with van der Waals surface area (Å²) in [6, 6.07) is 7.17. The van der Waals surface area contributed by atoms with Crippen molar-refractivity contribution >= 4 is 0 Å². The number of ether oxygens (including phenoxy) is 1. The van der Waals surface area contributed by atoms with E-state index in [1.54, 1.807) is 12.1 Å². The van der Waals surface area contributed by atoms with Crippen LogP contribution < -0.4 is 4.74 Å². The molecular formula is C16H22F2O. The van der Waals surface area contributed by atoms with Gasteiger partial charge in [0.1, 0.15) is 5.75 Å². The maximum atomic E-state index is 12.1. The highest BCUT2D eigenvalue weighted by molar-refractivity contribution is 5.29. The molecule has 106 valence electrons. The Bertz CT molecular complexity index is 367. The van der Waals surface area contributed by atoms with Crippen LogP contribution in [0, 0.1) is 5.92 Å². The first kappa shape index (κ1) is 14.3. The fourth-order valence-corrected chi connectivity index (χ4v) is 3.11. The summed E-state index contributed by atoms with van der Waals surface area (Å²) in [5.41, 5.74) is 1.26. The molecule has 0 spiro atoms. The van der Waals surface area contributed by atoms with E-state index in [0.717, 1.165) is 5.92 Å². The maximum Gasteiger partial charge on any atom is 0.387 e. The van der Waals surface area contributed by atoms with E-state index in [4.69, 9.17) is 0 Å². The lowest BCUT2D eigenvalue weighted by atomic mass is 9.77. The van der Waals surface area contributed by atoms with E-state index in [1.165, 1.54) is 44.1 Å². The molecule has 0 aromatic heterocycles. The molecule has 1 nitrogen and oxygen atoms in total. The van der Waals surface area contributed by atoms with Gasteiger partial charge >= 0.3 is 6.61 Å². The normalized spacial score (nSPS) is 23.6. The van der Waals surface area contributed by atoms with Crippen molar-refractivity contribution in [1.29, 1.82) is 0 Å². The Labute approximate surface area is 114 Å². The van der Waals surface area contributed by atoms with Gasteiger partial charge in [-0.25, -0.2) is 0 Å². The molecule has 1 fully saturated rings. The van der Waals surface area contributed by atoms with E-state index in [2.05, 4.69) is 11.7 Å². The minimum Gasteiger partial charge on any atom is -0.435 e. The van der Waals surface area contributed by atoms with Crippen LogP contribution in [0.25, 0.3) is 0 Å². The second-order valence-corrected chi connectivity index (χ2v) is 5.45. The topological polar surface area (TPSA) is 9.23 Å². The molecular weight excluding hydrogens is 246 g/mol. The zero-order valence-corrected chi connectivity index (χ0v) is 11.4. The molecule has 1 aromatic carbocycles. The monoisotopic (exact) mass is 268 g/mol. The summed E-state index contributed by atoms with van der Waals surface area (Å²) >= 11 is 0. The zero-order valence-electron chi connectivity index (χ0n) is 11.4. The summed E-state index contributed by atoms with van der Waals surface area (Å²) in [6.45, 7) is -0.497. The fourth-order valence-electron chi connectivity index (χ4n) is 3.11. The molecule has 0 saturated heterocycles. The molecule has 0 unspecified atom stereocenters. The van der Waals surface area contributed by atoms with Crippen LogP contribution in [0.15, 0.2) is 24.3 Å². The van der Waals surface area contributed by atoms with Gasteiger partial charge in [0.15, 0.2) is 0 Å². The average molecular weight is 268 g/mol. The van der Waals surface area contributed by atoms with Crippen molar-refractivity contribution in [3.05, 3.63) is 29.8 Å². The summed E-state index contributed by atoms with van der Waals surface area (Å²) < 4.78 is 28.5. The van der Waals surface area contributed by atoms with Gasteiger partial charge in [0.25, 0.3) is 0 Å². The molecule has 0 atom stereocenters. The Morgan fingerprint density at radius 1 is 1.11 bits per heavy atom. The van der Waals surface area contributed by atoms with Gasteiger partial charge in [0.05, 0.1) is 0 Å². The molecule has 1 aromatic rings. The molecule has 0 bridgehead atoms. The molecule has 1 aliphatic rings. The Balaban J connectivity index is 1.89. The van der Waals surface area contributed by atoms with Gasteiger partial charge in [-0.15, -0.1) is 0 Å². The quantitative estimate of drug-likeness (QED) is 0.698. The van der Waals surface area contributed by atoms with Crippen molar-refractivity contribution in [3.63, 3.8) is 0 Å². The van der Waals surface area contributed by atoms with Crippen LogP contribution in [0.5, 0.6) is 5.75 Å². The first-order valence-corrected chi connectivity index (χ1v) is 7.23. The highest BCUT2D eigenvalue weighted by Crippen LogP contribution is 2.37. The summed E-state index contributed by atoms with van der Waals surface area (Å²) in [6.07, 6.45) is 7.66. The van der Waals surface area contributed by atoms with Gasteiger partial charge in [-0.2, -0.15) is 8.78 Å². The first-order valence-electron chi connectivity index (χ1n) is 7.23. The Morgan fingerprint density at radius 3 is 2.26 bits per heavy atom. The van der Waals surface area contributed by atoms with Crippen LogP contribution >= 0.6 is 0 Å². The highest BCUT2D eigenvalue weighted by atomic mass is 19.3. The summed E-state index contributed by atoms with van der Waals surface area (Å²) in [4.78, 5) is 0. The Kier molecular flexibility index (Phi) is 5.17. The van der Waals surface area contributed by atoms with Crippen molar-refractivity contribution < 1.29 is 13.5 Å². The maximum absolute atomic E-state index is 12.1. The number of hydrogen-bond donors (Lipinski definition) is 0. The minimum atomic E-state index is -2.74. The molecule has 2 rings (SSSR count). The van der Waals surface area contributed by atoms with E-state index in [9.17, 15) is 8.78 Å². The lowest BCUT2D eigenvalue weighted by Crippen LogP contribution is -2.13. The largest absolute Gasteiger partial charge is 0.435 e. The molecule has 0 N–H and O–H groups in total. The van der Waals surface area contributed by atoms with E-state index >= 15 is 0 Å². The molecule has 0 heterocycles. The molecule has 1 aliphatic carbocycles. The van der Waals surface area contributed by atoms with Gasteiger partial charge in [-0.1, -0.05) is 31.9 Å². The van der Waals surface area contributed by atoms with Gasteiger partial charge in [-0.05, 0) is 55.2 Å². The minimum absolute atomic E-state index is 0.249. The second-order valence-electron chi connectivity index (χ2n) is 5.45. The first-order chi connectivity index (χ1) is 9.19. The lowest BCUT2D eigenvalue weighted by Gasteiger charge is -2.28. The molecule has 19 heavy (non-hydrogen) atoms. The van der Waals surface area contributed by atoms with Crippen LogP contribution in [0.3, 0.4) is 0 Å². The van der Waals surface area contributed by atoms with Crippen molar-refractivity contribution in [2.24, 2.45) is 5.92 Å². The third kappa shape index (κ3) is 4.19. The van der Waals surface area contributed by atoms with Crippen molar-refractivity contribution in [2.75, 3.05) is 0 Å². The smallest absolute Gasteiger partial charge is 0.387 e. The average Bonchev–Trinajstić information content (AvgIpc) is 2.40. The van der Waals surface area contributed by atoms with Crippen LogP contribution in [-0.2, 0) is 0 Å². The Hall–Kier alpha value is -1.12. The SMILES string of the molecule is CCC[C@H]1CC[C@H](c2ccc(OC(F)F)cc2)CC1. The number of halogens is 2. The number of hydrogen-bond acceptors (Lipinski definition) is 1. The number of rotatable bonds is 5. The van der Waals surface area contributed by atoms with E-state index < -0.39 is 6.61 Å². The Morgan fingerprint density at radius 2 is 1.74 bits per heavy atom. The van der Waals surface area contributed by atoms with E-state index in [-0.39, 0.29) is 5.75 Å². The molecule has 0 aliphatic heterocycles. The van der Waals surface area contributed by atoms with Gasteiger partial charge < -0.3 is 4.74 Å². The third-order valence-electron chi connectivity index (χ3n) is 4.12. The van der Waals surface area contributed by atoms with Gasteiger partial charge in [0, 0.05) is 0 Å². The highest BCUT2D eigenvalue weighted by Gasteiger charge is 2.21. The summed E-state index contributed by atoms with van der Waals surface area (Å²) in [7, 11) is 0. The number of benzene rings is 1. The predicted octanol–water partition coefficient (Wildman–Crippen LogP) is 5.36. The van der Waals surface area contributed by atoms with Gasteiger partial charge in [0.2, 0.25) is 0 Å². The fraction of sp³-hybridized carbons (Fsp3) is 0.625. The second kappa shape index (κ2) is 6.88. The van der Waals surface area contributed by atoms with Crippen LogP contribution in [-0.4, -0.2) is 6.61 Å². The van der Waals surface area contributed by atoms with Crippen LogP contribution in [0.1, 0.15) is 56.9 Å². The summed E-state index contributed by atoms with van der Waals surface area (Å²) in [5.74, 6) is 1.73. The van der Waals surface area contributed by atoms with Crippen molar-refractivity contribution in [2.45, 2.75) is 58.0 Å². The molecule has 3 heteroatoms.